The predicted molar refractivity (Wildman–Crippen MR) is 66.1 cm³/mol. The van der Waals surface area contributed by atoms with E-state index in [0.29, 0.717) is 5.92 Å². The molecule has 0 fully saturated rings. The summed E-state index contributed by atoms with van der Waals surface area (Å²) >= 11 is 1.44. The van der Waals surface area contributed by atoms with Gasteiger partial charge in [0.05, 0.1) is 0 Å². The first kappa shape index (κ1) is 9.78. The van der Waals surface area contributed by atoms with Gasteiger partial charge in [-0.05, 0) is 24.0 Å². The lowest BCUT2D eigenvalue weighted by Gasteiger charge is -2.06. The summed E-state index contributed by atoms with van der Waals surface area (Å²) in [5, 5.41) is 3.94. The summed E-state index contributed by atoms with van der Waals surface area (Å²) in [5.41, 5.74) is 2.86. The monoisotopic (exact) mass is 231 g/mol. The molecule has 1 aliphatic rings. The smallest absolute Gasteiger partial charge is 0.202 e. The Labute approximate surface area is 98.7 Å². The third-order valence-corrected chi connectivity index (χ3v) is 3.85. The molecule has 3 nitrogen and oxygen atoms in total. The maximum Gasteiger partial charge on any atom is 0.202 e. The Bertz CT molecular complexity index is 506. The van der Waals surface area contributed by atoms with Crippen molar-refractivity contribution in [3.8, 4) is 0 Å². The molecule has 0 saturated carbocycles. The fourth-order valence-electron chi connectivity index (χ4n) is 2.30. The van der Waals surface area contributed by atoms with E-state index in [1.807, 2.05) is 7.05 Å². The summed E-state index contributed by atoms with van der Waals surface area (Å²) in [6.07, 6.45) is 2.29. The van der Waals surface area contributed by atoms with Crippen LogP contribution in [0.2, 0.25) is 0 Å². The highest BCUT2D eigenvalue weighted by Gasteiger charge is 2.26. The van der Waals surface area contributed by atoms with Gasteiger partial charge in [0, 0.05) is 24.5 Å². The van der Waals surface area contributed by atoms with Gasteiger partial charge in [-0.25, -0.2) is 4.98 Å². The molecule has 16 heavy (non-hydrogen) atoms. The Morgan fingerprint density at radius 2 is 2.25 bits per heavy atom. The van der Waals surface area contributed by atoms with Crippen LogP contribution in [0.25, 0.3) is 0 Å². The minimum atomic E-state index is 0.398. The minimum absolute atomic E-state index is 0.398. The van der Waals surface area contributed by atoms with E-state index >= 15 is 0 Å². The predicted octanol–water partition coefficient (Wildman–Crippen LogP) is 2.66. The second-order valence-corrected chi connectivity index (χ2v) is 4.75. The van der Waals surface area contributed by atoms with Crippen molar-refractivity contribution in [2.45, 2.75) is 18.8 Å². The van der Waals surface area contributed by atoms with E-state index in [4.69, 9.17) is 0 Å². The molecule has 1 unspecified atom stereocenters. The highest BCUT2D eigenvalue weighted by Crippen LogP contribution is 2.37. The molecule has 1 atom stereocenters. The summed E-state index contributed by atoms with van der Waals surface area (Å²) in [6.45, 7) is 0. The average molecular weight is 231 g/mol. The van der Waals surface area contributed by atoms with Gasteiger partial charge in [0.2, 0.25) is 5.13 Å². The standard InChI is InChI=1S/C12H13N3S/c1-13-12-14-11(15-16-12)10-7-6-8-4-2-3-5-9(8)10/h2-5,10H,6-7H2,1H3,(H,13,14,15). The molecule has 1 aliphatic carbocycles. The second-order valence-electron chi connectivity index (χ2n) is 4.00. The molecule has 1 aromatic heterocycles. The Morgan fingerprint density at radius 3 is 3.06 bits per heavy atom. The minimum Gasteiger partial charge on any atom is -0.363 e. The molecule has 82 valence electrons. The van der Waals surface area contributed by atoms with Crippen LogP contribution in [0.3, 0.4) is 0 Å². The molecule has 1 heterocycles. The number of aryl methyl sites for hydroxylation is 1. The van der Waals surface area contributed by atoms with Crippen molar-refractivity contribution >= 4 is 16.7 Å². The van der Waals surface area contributed by atoms with Gasteiger partial charge < -0.3 is 5.32 Å². The van der Waals surface area contributed by atoms with Crippen molar-refractivity contribution in [2.75, 3.05) is 12.4 Å². The molecule has 0 amide bonds. The normalized spacial score (nSPS) is 18.4. The Kier molecular flexibility index (Phi) is 2.36. The van der Waals surface area contributed by atoms with Crippen molar-refractivity contribution in [1.82, 2.24) is 9.36 Å². The van der Waals surface area contributed by atoms with Gasteiger partial charge in [0.1, 0.15) is 0 Å². The van der Waals surface area contributed by atoms with Gasteiger partial charge in [-0.2, -0.15) is 4.37 Å². The molecular weight excluding hydrogens is 218 g/mol. The lowest BCUT2D eigenvalue weighted by molar-refractivity contribution is 0.745. The van der Waals surface area contributed by atoms with Gasteiger partial charge in [0.15, 0.2) is 5.82 Å². The highest BCUT2D eigenvalue weighted by atomic mass is 32.1. The zero-order valence-corrected chi connectivity index (χ0v) is 9.92. The molecule has 0 saturated heterocycles. The van der Waals surface area contributed by atoms with Gasteiger partial charge in [-0.1, -0.05) is 24.3 Å². The largest absolute Gasteiger partial charge is 0.363 e. The number of benzene rings is 1. The SMILES string of the molecule is CNc1nc(C2CCc3ccccc32)ns1. The van der Waals surface area contributed by atoms with E-state index in [-0.39, 0.29) is 0 Å². The Hall–Kier alpha value is -1.42. The van der Waals surface area contributed by atoms with Crippen LogP contribution in [0.5, 0.6) is 0 Å². The van der Waals surface area contributed by atoms with Gasteiger partial charge in [-0.15, -0.1) is 0 Å². The molecule has 4 heteroatoms. The van der Waals surface area contributed by atoms with E-state index in [2.05, 4.69) is 38.9 Å². The molecule has 2 aromatic rings. The summed E-state index contributed by atoms with van der Waals surface area (Å²) in [7, 11) is 1.88. The number of rotatable bonds is 2. The van der Waals surface area contributed by atoms with Gasteiger partial charge in [0.25, 0.3) is 0 Å². The summed E-state index contributed by atoms with van der Waals surface area (Å²) < 4.78 is 4.44. The number of nitrogens with zero attached hydrogens (tertiary/aromatic N) is 2. The van der Waals surface area contributed by atoms with Crippen LogP contribution in [0.4, 0.5) is 5.13 Å². The second kappa shape index (κ2) is 3.87. The fourth-order valence-corrected chi connectivity index (χ4v) is 2.88. The lowest BCUT2D eigenvalue weighted by atomic mass is 10.0. The van der Waals surface area contributed by atoms with Gasteiger partial charge in [-0.3, -0.25) is 0 Å². The zero-order chi connectivity index (χ0) is 11.0. The summed E-state index contributed by atoms with van der Waals surface area (Å²) in [4.78, 5) is 4.51. The molecule has 0 spiro atoms. The third kappa shape index (κ3) is 1.50. The molecule has 0 bridgehead atoms. The van der Waals surface area contributed by atoms with Crippen molar-refractivity contribution in [1.29, 1.82) is 0 Å². The van der Waals surface area contributed by atoms with E-state index in [0.717, 1.165) is 23.8 Å². The molecule has 0 radical (unpaired) electrons. The number of anilines is 1. The average Bonchev–Trinajstić information content (AvgIpc) is 2.94. The fraction of sp³-hybridized carbons (Fsp3) is 0.333. The van der Waals surface area contributed by atoms with Crippen LogP contribution in [0, 0.1) is 0 Å². The lowest BCUT2D eigenvalue weighted by Crippen LogP contribution is -1.98. The number of hydrogen-bond donors (Lipinski definition) is 1. The van der Waals surface area contributed by atoms with Crippen LogP contribution < -0.4 is 5.32 Å². The number of hydrogen-bond acceptors (Lipinski definition) is 4. The number of aromatic nitrogens is 2. The van der Waals surface area contributed by atoms with Crippen LogP contribution in [-0.2, 0) is 6.42 Å². The molecule has 3 rings (SSSR count). The summed E-state index contributed by atoms with van der Waals surface area (Å²) in [6, 6.07) is 8.62. The molecule has 1 N–H and O–H groups in total. The first-order valence-corrected chi connectivity index (χ1v) is 6.25. The molecular formula is C12H13N3S. The van der Waals surface area contributed by atoms with Crippen molar-refractivity contribution in [2.24, 2.45) is 0 Å². The number of fused-ring (bicyclic) bond motifs is 1. The van der Waals surface area contributed by atoms with Crippen LogP contribution in [-0.4, -0.2) is 16.4 Å². The van der Waals surface area contributed by atoms with E-state index in [1.54, 1.807) is 0 Å². The van der Waals surface area contributed by atoms with Crippen LogP contribution >= 0.6 is 11.5 Å². The molecule has 0 aliphatic heterocycles. The van der Waals surface area contributed by atoms with E-state index in [1.165, 1.54) is 22.7 Å². The zero-order valence-electron chi connectivity index (χ0n) is 9.10. The maximum absolute atomic E-state index is 4.51. The first-order valence-electron chi connectivity index (χ1n) is 5.47. The third-order valence-electron chi connectivity index (χ3n) is 3.10. The van der Waals surface area contributed by atoms with Crippen LogP contribution in [0.1, 0.15) is 29.3 Å². The Balaban J connectivity index is 1.98. The first-order chi connectivity index (χ1) is 7.88. The van der Waals surface area contributed by atoms with Crippen molar-refractivity contribution in [3.63, 3.8) is 0 Å². The number of nitrogens with one attached hydrogen (secondary N) is 1. The topological polar surface area (TPSA) is 37.8 Å². The van der Waals surface area contributed by atoms with E-state index in [9.17, 15) is 0 Å². The van der Waals surface area contributed by atoms with Crippen molar-refractivity contribution in [3.05, 3.63) is 41.2 Å². The van der Waals surface area contributed by atoms with Crippen LogP contribution in [0.15, 0.2) is 24.3 Å². The highest BCUT2D eigenvalue weighted by molar-refractivity contribution is 7.09. The van der Waals surface area contributed by atoms with Gasteiger partial charge >= 0.3 is 0 Å². The quantitative estimate of drug-likeness (QED) is 0.863. The van der Waals surface area contributed by atoms with Crippen molar-refractivity contribution < 1.29 is 0 Å². The maximum atomic E-state index is 4.51. The Morgan fingerprint density at radius 1 is 1.38 bits per heavy atom. The van der Waals surface area contributed by atoms with E-state index < -0.39 is 0 Å². The summed E-state index contributed by atoms with van der Waals surface area (Å²) in [5.74, 6) is 1.37. The molecule has 1 aromatic carbocycles.